The van der Waals surface area contributed by atoms with E-state index >= 15 is 0 Å². The van der Waals surface area contributed by atoms with Crippen LogP contribution in [0.5, 0.6) is 0 Å². The molecule has 1 aliphatic heterocycles. The van der Waals surface area contributed by atoms with Gasteiger partial charge < -0.3 is 15.3 Å². The van der Waals surface area contributed by atoms with Gasteiger partial charge >= 0.3 is 0 Å². The van der Waals surface area contributed by atoms with Crippen LogP contribution < -0.4 is 5.32 Å². The number of piperidine rings is 1. The molecule has 1 fully saturated rings. The SMILES string of the molecule is O=C(NCCCN1CCC(O)CC1)c1cc(Cl)cc([N+](=O)[O-])c1. The fourth-order valence-electron chi connectivity index (χ4n) is 2.56. The van der Waals surface area contributed by atoms with Gasteiger partial charge in [0.15, 0.2) is 0 Å². The van der Waals surface area contributed by atoms with Crippen molar-refractivity contribution in [2.75, 3.05) is 26.2 Å². The third kappa shape index (κ3) is 5.46. The Bertz CT molecular complexity index is 574. The summed E-state index contributed by atoms with van der Waals surface area (Å²) in [5, 5.41) is 23.1. The molecule has 1 heterocycles. The molecule has 1 amide bonds. The highest BCUT2D eigenvalue weighted by Gasteiger charge is 2.17. The van der Waals surface area contributed by atoms with E-state index in [1.807, 2.05) is 0 Å². The van der Waals surface area contributed by atoms with Crippen LogP contribution in [-0.4, -0.2) is 53.1 Å². The molecule has 0 aliphatic carbocycles. The van der Waals surface area contributed by atoms with Crippen molar-refractivity contribution >= 4 is 23.2 Å². The molecular formula is C15H20ClN3O4. The number of benzene rings is 1. The predicted octanol–water partition coefficient (Wildman–Crippen LogP) is 1.82. The fraction of sp³-hybridized carbons (Fsp3) is 0.533. The summed E-state index contributed by atoms with van der Waals surface area (Å²) >= 11 is 5.80. The zero-order valence-corrected chi connectivity index (χ0v) is 13.5. The molecule has 0 saturated carbocycles. The average molecular weight is 342 g/mol. The number of carbonyl (C=O) groups is 1. The summed E-state index contributed by atoms with van der Waals surface area (Å²) in [6.07, 6.45) is 2.17. The van der Waals surface area contributed by atoms with Crippen molar-refractivity contribution in [2.24, 2.45) is 0 Å². The molecule has 0 atom stereocenters. The van der Waals surface area contributed by atoms with E-state index in [-0.39, 0.29) is 28.3 Å². The number of hydrogen-bond donors (Lipinski definition) is 2. The van der Waals surface area contributed by atoms with Crippen LogP contribution in [0.3, 0.4) is 0 Å². The Balaban J connectivity index is 1.77. The number of aliphatic hydroxyl groups excluding tert-OH is 1. The van der Waals surface area contributed by atoms with Gasteiger partial charge in [-0.3, -0.25) is 14.9 Å². The highest BCUT2D eigenvalue weighted by atomic mass is 35.5. The van der Waals surface area contributed by atoms with Crippen molar-refractivity contribution in [1.82, 2.24) is 10.2 Å². The molecule has 1 saturated heterocycles. The zero-order valence-electron chi connectivity index (χ0n) is 12.7. The molecule has 8 heteroatoms. The summed E-state index contributed by atoms with van der Waals surface area (Å²) in [5.74, 6) is -0.371. The Hall–Kier alpha value is -1.70. The van der Waals surface area contributed by atoms with E-state index in [1.54, 1.807) is 0 Å². The van der Waals surface area contributed by atoms with Crippen molar-refractivity contribution < 1.29 is 14.8 Å². The minimum atomic E-state index is -0.576. The lowest BCUT2D eigenvalue weighted by Gasteiger charge is -2.29. The van der Waals surface area contributed by atoms with Gasteiger partial charge in [0.2, 0.25) is 0 Å². The molecule has 1 aliphatic rings. The second kappa shape index (κ2) is 8.24. The maximum Gasteiger partial charge on any atom is 0.271 e. The molecule has 0 aromatic heterocycles. The minimum Gasteiger partial charge on any atom is -0.393 e. The van der Waals surface area contributed by atoms with Crippen molar-refractivity contribution in [2.45, 2.75) is 25.4 Å². The first-order valence-electron chi connectivity index (χ1n) is 7.59. The Labute approximate surface area is 139 Å². The van der Waals surface area contributed by atoms with Gasteiger partial charge in [-0.15, -0.1) is 0 Å². The number of nitrogens with zero attached hydrogens (tertiary/aromatic N) is 2. The van der Waals surface area contributed by atoms with Gasteiger partial charge in [-0.25, -0.2) is 0 Å². The number of hydrogen-bond acceptors (Lipinski definition) is 5. The maximum absolute atomic E-state index is 12.0. The Morgan fingerprint density at radius 2 is 2.09 bits per heavy atom. The number of amides is 1. The van der Waals surface area contributed by atoms with Crippen LogP contribution in [0.1, 0.15) is 29.6 Å². The van der Waals surface area contributed by atoms with Crippen LogP contribution in [0.15, 0.2) is 18.2 Å². The third-order valence-corrected chi connectivity index (χ3v) is 4.07. The van der Waals surface area contributed by atoms with E-state index in [4.69, 9.17) is 11.6 Å². The maximum atomic E-state index is 12.0. The summed E-state index contributed by atoms with van der Waals surface area (Å²) < 4.78 is 0. The first kappa shape index (κ1) is 17.7. The van der Waals surface area contributed by atoms with Crippen molar-refractivity contribution in [3.63, 3.8) is 0 Å². The van der Waals surface area contributed by atoms with Gasteiger partial charge in [0, 0.05) is 42.4 Å². The molecule has 1 aromatic carbocycles. The molecule has 0 spiro atoms. The van der Waals surface area contributed by atoms with Crippen LogP contribution in [0, 0.1) is 10.1 Å². The van der Waals surface area contributed by atoms with E-state index in [9.17, 15) is 20.0 Å². The van der Waals surface area contributed by atoms with Crippen LogP contribution in [0.25, 0.3) is 0 Å². The lowest BCUT2D eigenvalue weighted by Crippen LogP contribution is -2.37. The minimum absolute atomic E-state index is 0.163. The van der Waals surface area contributed by atoms with E-state index in [2.05, 4.69) is 10.2 Å². The summed E-state index contributed by atoms with van der Waals surface area (Å²) in [5.41, 5.74) is -0.0141. The Morgan fingerprint density at radius 1 is 1.39 bits per heavy atom. The Kier molecular flexibility index (Phi) is 6.32. The number of nitrogens with one attached hydrogen (secondary N) is 1. The van der Waals surface area contributed by atoms with Crippen LogP contribution in [0.4, 0.5) is 5.69 Å². The van der Waals surface area contributed by atoms with Gasteiger partial charge in [-0.1, -0.05) is 11.6 Å². The monoisotopic (exact) mass is 341 g/mol. The first-order valence-corrected chi connectivity index (χ1v) is 7.97. The quantitative estimate of drug-likeness (QED) is 0.467. The number of nitro groups is 1. The summed E-state index contributed by atoms with van der Waals surface area (Å²) in [4.78, 5) is 24.5. The van der Waals surface area contributed by atoms with E-state index < -0.39 is 4.92 Å². The fourth-order valence-corrected chi connectivity index (χ4v) is 2.79. The molecule has 1 aromatic rings. The number of halogens is 1. The Morgan fingerprint density at radius 3 is 2.74 bits per heavy atom. The van der Waals surface area contributed by atoms with Crippen LogP contribution >= 0.6 is 11.6 Å². The van der Waals surface area contributed by atoms with Gasteiger partial charge in [0.05, 0.1) is 11.0 Å². The summed E-state index contributed by atoms with van der Waals surface area (Å²) in [6, 6.07) is 3.84. The first-order chi connectivity index (χ1) is 11.0. The predicted molar refractivity (Wildman–Crippen MR) is 86.7 cm³/mol. The van der Waals surface area contributed by atoms with E-state index in [1.165, 1.54) is 18.2 Å². The average Bonchev–Trinajstić information content (AvgIpc) is 2.52. The molecule has 0 unspecified atom stereocenters. The summed E-state index contributed by atoms with van der Waals surface area (Å²) in [6.45, 7) is 3.08. The lowest BCUT2D eigenvalue weighted by atomic mass is 10.1. The second-order valence-corrected chi connectivity index (χ2v) is 6.07. The van der Waals surface area contributed by atoms with Gasteiger partial charge in [-0.2, -0.15) is 0 Å². The smallest absolute Gasteiger partial charge is 0.271 e. The topological polar surface area (TPSA) is 95.7 Å². The van der Waals surface area contributed by atoms with Crippen LogP contribution in [0.2, 0.25) is 5.02 Å². The molecular weight excluding hydrogens is 322 g/mol. The molecule has 7 nitrogen and oxygen atoms in total. The molecule has 0 bridgehead atoms. The molecule has 2 N–H and O–H groups in total. The molecule has 2 rings (SSSR count). The second-order valence-electron chi connectivity index (χ2n) is 5.64. The van der Waals surface area contributed by atoms with E-state index in [0.717, 1.165) is 38.9 Å². The number of non-ortho nitro benzene ring substituents is 1. The van der Waals surface area contributed by atoms with Crippen molar-refractivity contribution in [3.05, 3.63) is 38.9 Å². The number of aliphatic hydroxyl groups is 1. The normalized spacial score (nSPS) is 16.3. The molecule has 0 radical (unpaired) electrons. The highest BCUT2D eigenvalue weighted by molar-refractivity contribution is 6.31. The highest BCUT2D eigenvalue weighted by Crippen LogP contribution is 2.20. The number of carbonyl (C=O) groups excluding carboxylic acids is 1. The van der Waals surface area contributed by atoms with Gasteiger partial charge in [0.25, 0.3) is 11.6 Å². The van der Waals surface area contributed by atoms with Crippen LogP contribution in [-0.2, 0) is 0 Å². The zero-order chi connectivity index (χ0) is 16.8. The number of nitro benzene ring substituents is 1. The van der Waals surface area contributed by atoms with E-state index in [0.29, 0.717) is 6.54 Å². The number of likely N-dealkylation sites (tertiary alicyclic amines) is 1. The lowest BCUT2D eigenvalue weighted by molar-refractivity contribution is -0.384. The number of rotatable bonds is 6. The van der Waals surface area contributed by atoms with Gasteiger partial charge in [-0.05, 0) is 31.9 Å². The summed E-state index contributed by atoms with van der Waals surface area (Å²) in [7, 11) is 0. The van der Waals surface area contributed by atoms with Crippen molar-refractivity contribution in [1.29, 1.82) is 0 Å². The standard InChI is InChI=1S/C15H20ClN3O4/c16-12-8-11(9-13(10-12)19(22)23)15(21)17-4-1-5-18-6-2-14(20)3-7-18/h8-10,14,20H,1-7H2,(H,17,21). The third-order valence-electron chi connectivity index (χ3n) is 3.85. The largest absolute Gasteiger partial charge is 0.393 e. The van der Waals surface area contributed by atoms with Crippen molar-refractivity contribution in [3.8, 4) is 0 Å². The molecule has 23 heavy (non-hydrogen) atoms. The van der Waals surface area contributed by atoms with Gasteiger partial charge in [0.1, 0.15) is 0 Å². The molecule has 126 valence electrons.